The van der Waals surface area contributed by atoms with Gasteiger partial charge in [-0.3, -0.25) is 15.5 Å². The van der Waals surface area contributed by atoms with Crippen LogP contribution in [-0.2, 0) is 5.75 Å². The van der Waals surface area contributed by atoms with Crippen molar-refractivity contribution in [3.8, 4) is 5.75 Å². The average Bonchev–Trinajstić information content (AvgIpc) is 2.37. The maximum absolute atomic E-state index is 11.0. The van der Waals surface area contributed by atoms with E-state index in [0.717, 1.165) is 30.2 Å². The molecular weight excluding hydrogens is 302 g/mol. The highest BCUT2D eigenvalue weighted by molar-refractivity contribution is 8.13. The van der Waals surface area contributed by atoms with Gasteiger partial charge < -0.3 is 10.5 Å². The molecule has 6 nitrogen and oxygen atoms in total. The molecule has 1 aromatic rings. The van der Waals surface area contributed by atoms with Crippen LogP contribution in [0.3, 0.4) is 0 Å². The second kappa shape index (κ2) is 9.44. The Kier molecular flexibility index (Phi) is 8.74. The number of nitrogens with two attached hydrogens (primary N) is 1. The van der Waals surface area contributed by atoms with Gasteiger partial charge in [0.15, 0.2) is 10.9 Å². The van der Waals surface area contributed by atoms with Crippen LogP contribution in [0.1, 0.15) is 25.3 Å². The molecule has 0 radical (unpaired) electrons. The molecule has 0 amide bonds. The first-order valence-electron chi connectivity index (χ1n) is 5.91. The summed E-state index contributed by atoms with van der Waals surface area (Å²) < 4.78 is 5.40. The number of hydrogen-bond donors (Lipinski definition) is 2. The van der Waals surface area contributed by atoms with Crippen molar-refractivity contribution in [1.82, 2.24) is 0 Å². The van der Waals surface area contributed by atoms with E-state index >= 15 is 0 Å². The van der Waals surface area contributed by atoms with Gasteiger partial charge in [-0.1, -0.05) is 31.2 Å². The minimum atomic E-state index is -0.455. The number of benzene rings is 1. The van der Waals surface area contributed by atoms with Crippen LogP contribution in [0.25, 0.3) is 0 Å². The van der Waals surface area contributed by atoms with Gasteiger partial charge in [0, 0.05) is 11.8 Å². The van der Waals surface area contributed by atoms with Crippen LogP contribution in [0.5, 0.6) is 5.75 Å². The predicted molar refractivity (Wildman–Crippen MR) is 84.0 cm³/mol. The highest BCUT2D eigenvalue weighted by Crippen LogP contribution is 2.29. The lowest BCUT2D eigenvalue weighted by atomic mass is 10.2. The molecule has 0 aromatic heterocycles. The van der Waals surface area contributed by atoms with Crippen LogP contribution in [0.15, 0.2) is 18.2 Å². The molecule has 3 N–H and O–H groups in total. The van der Waals surface area contributed by atoms with Gasteiger partial charge in [-0.15, -0.1) is 12.4 Å². The van der Waals surface area contributed by atoms with E-state index in [1.165, 1.54) is 6.07 Å². The van der Waals surface area contributed by atoms with Gasteiger partial charge in [-0.25, -0.2) is 0 Å². The summed E-state index contributed by atoms with van der Waals surface area (Å²) in [6.45, 7) is 2.50. The Balaban J connectivity index is 0.00000361. The Labute approximate surface area is 128 Å². The number of ether oxygens (including phenoxy) is 1. The quantitative estimate of drug-likeness (QED) is 0.264. The Morgan fingerprint density at radius 2 is 2.25 bits per heavy atom. The summed E-state index contributed by atoms with van der Waals surface area (Å²) in [6, 6.07) is 4.82. The number of hydrogen-bond acceptors (Lipinski definition) is 5. The zero-order valence-corrected chi connectivity index (χ0v) is 12.8. The summed E-state index contributed by atoms with van der Waals surface area (Å²) in [5.41, 5.74) is 5.94. The largest absolute Gasteiger partial charge is 0.487 e. The smallest absolute Gasteiger partial charge is 0.311 e. The summed E-state index contributed by atoms with van der Waals surface area (Å²) in [4.78, 5) is 10.5. The lowest BCUT2D eigenvalue weighted by Crippen LogP contribution is -2.04. The zero-order valence-electron chi connectivity index (χ0n) is 11.1. The Hall–Kier alpha value is -1.47. The first-order chi connectivity index (χ1) is 9.04. The van der Waals surface area contributed by atoms with Gasteiger partial charge in [-0.2, -0.15) is 0 Å². The molecule has 1 rings (SSSR count). The van der Waals surface area contributed by atoms with Gasteiger partial charge in [0.2, 0.25) is 0 Å². The highest BCUT2D eigenvalue weighted by Gasteiger charge is 2.16. The molecule has 0 atom stereocenters. The van der Waals surface area contributed by atoms with Gasteiger partial charge >= 0.3 is 5.69 Å². The first kappa shape index (κ1) is 18.5. The molecule has 0 aliphatic carbocycles. The van der Waals surface area contributed by atoms with Crippen molar-refractivity contribution in [2.24, 2.45) is 5.73 Å². The number of nitrogens with one attached hydrogen (secondary N) is 1. The molecule has 0 spiro atoms. The zero-order chi connectivity index (χ0) is 14.3. The van der Waals surface area contributed by atoms with Crippen LogP contribution in [0, 0.1) is 15.5 Å². The molecular formula is C12H18ClN3O3S. The third-order valence-electron chi connectivity index (χ3n) is 2.37. The van der Waals surface area contributed by atoms with Gasteiger partial charge in [0.05, 0.1) is 11.5 Å². The molecule has 20 heavy (non-hydrogen) atoms. The van der Waals surface area contributed by atoms with Crippen LogP contribution >= 0.6 is 24.2 Å². The molecule has 0 saturated heterocycles. The summed E-state index contributed by atoms with van der Waals surface area (Å²) in [5.74, 6) is 0.723. The molecule has 8 heteroatoms. The number of halogens is 1. The van der Waals surface area contributed by atoms with E-state index in [1.807, 2.05) is 6.92 Å². The Morgan fingerprint density at radius 1 is 1.55 bits per heavy atom. The number of nitro benzene ring substituents is 1. The van der Waals surface area contributed by atoms with E-state index in [0.29, 0.717) is 12.4 Å². The van der Waals surface area contributed by atoms with Crippen molar-refractivity contribution in [3.63, 3.8) is 0 Å². The maximum atomic E-state index is 11.0. The van der Waals surface area contributed by atoms with Crippen molar-refractivity contribution in [3.05, 3.63) is 33.9 Å². The molecule has 0 aliphatic rings. The highest BCUT2D eigenvalue weighted by atomic mass is 35.5. The molecule has 1 aromatic carbocycles. The van der Waals surface area contributed by atoms with Crippen molar-refractivity contribution in [2.45, 2.75) is 25.5 Å². The second-order valence-electron chi connectivity index (χ2n) is 3.91. The number of nitro groups is 1. The fourth-order valence-corrected chi connectivity index (χ4v) is 1.91. The lowest BCUT2D eigenvalue weighted by molar-refractivity contribution is -0.385. The van der Waals surface area contributed by atoms with E-state index in [2.05, 4.69) is 0 Å². The third kappa shape index (κ3) is 6.12. The summed E-state index contributed by atoms with van der Waals surface area (Å²) >= 11 is 1.13. The minimum absolute atomic E-state index is 0. The SMILES string of the molecule is CCCCOc1ccc(CSC(=N)N)cc1[N+](=O)[O-].Cl. The molecule has 0 fully saturated rings. The van der Waals surface area contributed by atoms with Gasteiger partial charge in [0.25, 0.3) is 0 Å². The van der Waals surface area contributed by atoms with Crippen LogP contribution < -0.4 is 10.5 Å². The molecule has 0 unspecified atom stereocenters. The van der Waals surface area contributed by atoms with Crippen LogP contribution in [-0.4, -0.2) is 16.7 Å². The van der Waals surface area contributed by atoms with Crippen molar-refractivity contribution in [2.75, 3.05) is 6.61 Å². The fraction of sp³-hybridized carbons (Fsp3) is 0.417. The summed E-state index contributed by atoms with van der Waals surface area (Å²) in [6.07, 6.45) is 1.83. The summed E-state index contributed by atoms with van der Waals surface area (Å²) in [5, 5.41) is 18.1. The van der Waals surface area contributed by atoms with E-state index in [4.69, 9.17) is 15.9 Å². The Morgan fingerprint density at radius 3 is 2.80 bits per heavy atom. The van der Waals surface area contributed by atoms with E-state index in [9.17, 15) is 10.1 Å². The standard InChI is InChI=1S/C12H17N3O3S.ClH/c1-2-3-6-18-11-5-4-9(8-19-12(13)14)7-10(11)15(16)17;/h4-5,7H,2-3,6,8H2,1H3,(H3,13,14);1H. The molecule has 0 heterocycles. The Bertz CT molecular complexity index is 471. The average molecular weight is 320 g/mol. The van der Waals surface area contributed by atoms with Crippen LogP contribution in [0.4, 0.5) is 5.69 Å². The lowest BCUT2D eigenvalue weighted by Gasteiger charge is -2.07. The van der Waals surface area contributed by atoms with Crippen LogP contribution in [0.2, 0.25) is 0 Å². The molecule has 112 valence electrons. The third-order valence-corrected chi connectivity index (χ3v) is 3.16. The first-order valence-corrected chi connectivity index (χ1v) is 6.90. The predicted octanol–water partition coefficient (Wildman–Crippen LogP) is 3.32. The maximum Gasteiger partial charge on any atom is 0.311 e. The van der Waals surface area contributed by atoms with Gasteiger partial charge in [0.1, 0.15) is 0 Å². The normalized spacial score (nSPS) is 9.65. The number of nitrogens with zero attached hydrogens (tertiary/aromatic N) is 1. The van der Waals surface area contributed by atoms with Crippen molar-refractivity contribution < 1.29 is 9.66 Å². The second-order valence-corrected chi connectivity index (χ2v) is 4.93. The minimum Gasteiger partial charge on any atom is -0.487 e. The summed E-state index contributed by atoms with van der Waals surface area (Å²) in [7, 11) is 0. The number of amidine groups is 1. The number of rotatable bonds is 7. The fourth-order valence-electron chi connectivity index (χ4n) is 1.41. The number of thioether (sulfide) groups is 1. The van der Waals surface area contributed by atoms with E-state index < -0.39 is 4.92 Å². The van der Waals surface area contributed by atoms with Crippen molar-refractivity contribution in [1.29, 1.82) is 5.41 Å². The molecule has 0 saturated carbocycles. The van der Waals surface area contributed by atoms with Crippen molar-refractivity contribution >= 4 is 35.0 Å². The topological polar surface area (TPSA) is 102 Å². The van der Waals surface area contributed by atoms with E-state index in [-0.39, 0.29) is 29.0 Å². The van der Waals surface area contributed by atoms with Gasteiger partial charge in [-0.05, 0) is 18.1 Å². The number of unbranched alkanes of at least 4 members (excludes halogenated alkanes) is 1. The van der Waals surface area contributed by atoms with E-state index in [1.54, 1.807) is 12.1 Å². The monoisotopic (exact) mass is 319 g/mol. The molecule has 0 aliphatic heterocycles. The molecule has 0 bridgehead atoms.